The summed E-state index contributed by atoms with van der Waals surface area (Å²) in [5.74, 6) is -0.213. The van der Waals surface area contributed by atoms with Gasteiger partial charge in [0.15, 0.2) is 11.7 Å². The van der Waals surface area contributed by atoms with Gasteiger partial charge in [-0.25, -0.2) is 4.98 Å². The van der Waals surface area contributed by atoms with Gasteiger partial charge in [0, 0.05) is 27.5 Å². The third kappa shape index (κ3) is 6.45. The van der Waals surface area contributed by atoms with Crippen LogP contribution >= 0.6 is 34.5 Å². The zero-order valence-electron chi connectivity index (χ0n) is 15.2. The van der Waals surface area contributed by atoms with Crippen LogP contribution in [-0.2, 0) is 22.4 Å². The van der Waals surface area contributed by atoms with E-state index in [1.165, 1.54) is 11.3 Å². The topological polar surface area (TPSA) is 94.3 Å². The molecular formula is C20H17Cl2N3O3S. The third-order valence-electron chi connectivity index (χ3n) is 3.84. The number of nitrogens with one attached hydrogen (secondary N) is 1. The fourth-order valence-electron chi connectivity index (χ4n) is 2.52. The Morgan fingerprint density at radius 3 is 2.62 bits per heavy atom. The molecule has 0 spiro atoms. The number of nitrogens with two attached hydrogens (primary N) is 1. The molecule has 1 aromatic heterocycles. The van der Waals surface area contributed by atoms with E-state index in [2.05, 4.69) is 10.3 Å². The van der Waals surface area contributed by atoms with Gasteiger partial charge in [0.25, 0.3) is 5.91 Å². The predicted octanol–water partition coefficient (Wildman–Crippen LogP) is 4.09. The van der Waals surface area contributed by atoms with Gasteiger partial charge < -0.3 is 10.5 Å². The minimum atomic E-state index is -0.404. The van der Waals surface area contributed by atoms with E-state index in [1.54, 1.807) is 42.6 Å². The number of aromatic nitrogens is 1. The smallest absolute Gasteiger partial charge is 0.264 e. The van der Waals surface area contributed by atoms with Crippen LogP contribution < -0.4 is 15.8 Å². The first-order valence-corrected chi connectivity index (χ1v) is 10.1. The van der Waals surface area contributed by atoms with Gasteiger partial charge in [-0.05, 0) is 41.5 Å². The van der Waals surface area contributed by atoms with E-state index in [1.807, 2.05) is 6.07 Å². The number of thiazole rings is 1. The van der Waals surface area contributed by atoms with E-state index < -0.39 is 5.91 Å². The average molecular weight is 450 g/mol. The molecule has 0 aliphatic rings. The Morgan fingerprint density at radius 1 is 1.14 bits per heavy atom. The van der Waals surface area contributed by atoms with Crippen molar-refractivity contribution >= 4 is 51.5 Å². The molecule has 0 aliphatic heterocycles. The number of anilines is 1. The number of primary amides is 1. The van der Waals surface area contributed by atoms with Gasteiger partial charge in [-0.1, -0.05) is 35.3 Å². The second-order valence-electron chi connectivity index (χ2n) is 6.17. The van der Waals surface area contributed by atoms with Gasteiger partial charge in [-0.15, -0.1) is 11.3 Å². The number of nitrogens with zero attached hydrogens (tertiary/aromatic N) is 1. The fraction of sp³-hybridized carbons (Fsp3) is 0.150. The van der Waals surface area contributed by atoms with Gasteiger partial charge in [0.1, 0.15) is 5.75 Å². The van der Waals surface area contributed by atoms with Crippen LogP contribution in [0.3, 0.4) is 0 Å². The summed E-state index contributed by atoms with van der Waals surface area (Å²) in [5, 5.41) is 4.42. The summed E-state index contributed by atoms with van der Waals surface area (Å²) in [6, 6.07) is 12.1. The lowest BCUT2D eigenvalue weighted by Crippen LogP contribution is -2.20. The van der Waals surface area contributed by atoms with Crippen LogP contribution in [0.4, 0.5) is 5.13 Å². The molecule has 3 N–H and O–H groups in total. The molecule has 0 unspecified atom stereocenters. The Bertz CT molecular complexity index is 1020. The highest BCUT2D eigenvalue weighted by Crippen LogP contribution is 2.27. The van der Waals surface area contributed by atoms with Crippen molar-refractivity contribution in [3.8, 4) is 5.75 Å². The maximum atomic E-state index is 12.1. The van der Waals surface area contributed by atoms with Crippen LogP contribution in [0.5, 0.6) is 5.75 Å². The van der Waals surface area contributed by atoms with Gasteiger partial charge >= 0.3 is 0 Å². The fourth-order valence-corrected chi connectivity index (χ4v) is 3.75. The monoisotopic (exact) mass is 449 g/mol. The van der Waals surface area contributed by atoms with Crippen LogP contribution in [0.1, 0.15) is 16.0 Å². The summed E-state index contributed by atoms with van der Waals surface area (Å²) in [6.07, 6.45) is 2.42. The minimum Gasteiger partial charge on any atom is -0.484 e. The van der Waals surface area contributed by atoms with Crippen molar-refractivity contribution in [2.24, 2.45) is 5.73 Å². The number of ether oxygens (including phenoxy) is 1. The lowest BCUT2D eigenvalue weighted by molar-refractivity contribution is -0.118. The Kier molecular flexibility index (Phi) is 7.09. The van der Waals surface area contributed by atoms with Crippen molar-refractivity contribution in [2.75, 3.05) is 11.9 Å². The number of rotatable bonds is 8. The van der Waals surface area contributed by atoms with E-state index >= 15 is 0 Å². The number of benzene rings is 2. The molecule has 150 valence electrons. The summed E-state index contributed by atoms with van der Waals surface area (Å²) in [4.78, 5) is 28.1. The second kappa shape index (κ2) is 9.73. The zero-order chi connectivity index (χ0) is 20.8. The minimum absolute atomic E-state index is 0.160. The van der Waals surface area contributed by atoms with Crippen LogP contribution in [0.25, 0.3) is 0 Å². The summed E-state index contributed by atoms with van der Waals surface area (Å²) in [5.41, 5.74) is 6.83. The molecule has 1 heterocycles. The van der Waals surface area contributed by atoms with Crippen molar-refractivity contribution in [1.29, 1.82) is 0 Å². The number of hydrogen-bond donors (Lipinski definition) is 2. The second-order valence-corrected chi connectivity index (χ2v) is 8.13. The zero-order valence-corrected chi connectivity index (χ0v) is 17.5. The van der Waals surface area contributed by atoms with Crippen molar-refractivity contribution in [3.05, 3.63) is 74.7 Å². The highest BCUT2D eigenvalue weighted by atomic mass is 35.5. The third-order valence-corrected chi connectivity index (χ3v) is 5.36. The lowest BCUT2D eigenvalue weighted by atomic mass is 10.1. The molecule has 0 saturated heterocycles. The number of carbonyl (C=O) groups is 2. The molecule has 6 nitrogen and oxygen atoms in total. The van der Waals surface area contributed by atoms with E-state index in [9.17, 15) is 9.59 Å². The van der Waals surface area contributed by atoms with Crippen LogP contribution in [0, 0.1) is 0 Å². The quantitative estimate of drug-likeness (QED) is 0.541. The Balaban J connectivity index is 1.51. The SMILES string of the molecule is NC(=O)Cc1ccc(OCC(=O)Nc2ncc(Cc3cc(Cl)ccc3Cl)s2)cc1. The largest absolute Gasteiger partial charge is 0.484 e. The summed E-state index contributed by atoms with van der Waals surface area (Å²) < 4.78 is 5.45. The van der Waals surface area contributed by atoms with E-state index in [0.717, 1.165) is 16.0 Å². The van der Waals surface area contributed by atoms with E-state index in [4.69, 9.17) is 33.7 Å². The maximum Gasteiger partial charge on any atom is 0.264 e. The van der Waals surface area contributed by atoms with E-state index in [0.29, 0.717) is 27.3 Å². The van der Waals surface area contributed by atoms with Gasteiger partial charge in [-0.3, -0.25) is 14.9 Å². The number of hydrogen-bond acceptors (Lipinski definition) is 5. The Labute approximate surface area is 181 Å². The normalized spacial score (nSPS) is 10.6. The molecule has 0 saturated carbocycles. The molecule has 2 aromatic carbocycles. The number of carbonyl (C=O) groups excluding carboxylic acids is 2. The van der Waals surface area contributed by atoms with Gasteiger partial charge in [0.2, 0.25) is 5.91 Å². The van der Waals surface area contributed by atoms with Crippen molar-refractivity contribution < 1.29 is 14.3 Å². The van der Waals surface area contributed by atoms with Crippen LogP contribution in [0.15, 0.2) is 48.7 Å². The number of halogens is 2. The predicted molar refractivity (Wildman–Crippen MR) is 115 cm³/mol. The van der Waals surface area contributed by atoms with E-state index in [-0.39, 0.29) is 18.9 Å². The highest BCUT2D eigenvalue weighted by molar-refractivity contribution is 7.15. The van der Waals surface area contributed by atoms with Crippen LogP contribution in [-0.4, -0.2) is 23.4 Å². The molecule has 0 radical (unpaired) electrons. The lowest BCUT2D eigenvalue weighted by Gasteiger charge is -2.06. The van der Waals surface area contributed by atoms with Gasteiger partial charge in [0.05, 0.1) is 6.42 Å². The molecule has 0 fully saturated rings. The Morgan fingerprint density at radius 2 is 1.90 bits per heavy atom. The average Bonchev–Trinajstić information content (AvgIpc) is 3.10. The highest BCUT2D eigenvalue weighted by Gasteiger charge is 2.10. The first kappa shape index (κ1) is 21.1. The molecule has 9 heteroatoms. The molecule has 3 aromatic rings. The molecule has 29 heavy (non-hydrogen) atoms. The van der Waals surface area contributed by atoms with Crippen molar-refractivity contribution in [3.63, 3.8) is 0 Å². The maximum absolute atomic E-state index is 12.1. The number of amides is 2. The summed E-state index contributed by atoms with van der Waals surface area (Å²) in [7, 11) is 0. The standard InChI is InChI=1S/C20H17Cl2N3O3S/c21-14-3-6-17(22)13(8-14)9-16-10-24-20(29-16)25-19(27)11-28-15-4-1-12(2-5-15)7-18(23)26/h1-6,8,10H,7,9,11H2,(H2,23,26)(H,24,25,27). The van der Waals surface area contributed by atoms with Crippen molar-refractivity contribution in [1.82, 2.24) is 4.98 Å². The summed E-state index contributed by atoms with van der Waals surface area (Å²) >= 11 is 13.6. The van der Waals surface area contributed by atoms with Gasteiger partial charge in [-0.2, -0.15) is 0 Å². The first-order chi connectivity index (χ1) is 13.9. The molecule has 0 atom stereocenters. The first-order valence-electron chi connectivity index (χ1n) is 8.57. The molecular weight excluding hydrogens is 433 g/mol. The molecule has 0 aliphatic carbocycles. The Hall–Kier alpha value is -2.61. The molecule has 3 rings (SSSR count). The molecule has 2 amide bonds. The van der Waals surface area contributed by atoms with Crippen molar-refractivity contribution in [2.45, 2.75) is 12.8 Å². The summed E-state index contributed by atoms with van der Waals surface area (Å²) in [6.45, 7) is -0.162. The molecule has 0 bridgehead atoms. The van der Waals surface area contributed by atoms with Crippen LogP contribution in [0.2, 0.25) is 10.0 Å².